The molecule has 1 aliphatic rings. The molecule has 0 unspecified atom stereocenters. The van der Waals surface area contributed by atoms with Crippen molar-refractivity contribution in [2.24, 2.45) is 5.41 Å². The van der Waals surface area contributed by atoms with Crippen molar-refractivity contribution < 1.29 is 14.7 Å². The van der Waals surface area contributed by atoms with Gasteiger partial charge in [-0.3, -0.25) is 14.3 Å². The molecule has 1 aliphatic carbocycles. The number of aliphatic carboxylic acids is 1. The Morgan fingerprint density at radius 2 is 2.10 bits per heavy atom. The van der Waals surface area contributed by atoms with Crippen LogP contribution in [0.15, 0.2) is 12.3 Å². The monoisotopic (exact) mass is 279 g/mol. The van der Waals surface area contributed by atoms with Crippen LogP contribution >= 0.6 is 0 Å². The fourth-order valence-electron chi connectivity index (χ4n) is 2.40. The highest BCUT2D eigenvalue weighted by molar-refractivity contribution is 5.92. The summed E-state index contributed by atoms with van der Waals surface area (Å²) in [6.07, 6.45) is 6.04. The Balaban J connectivity index is 2.03. The van der Waals surface area contributed by atoms with Crippen LogP contribution < -0.4 is 5.32 Å². The predicted octanol–water partition coefficient (Wildman–Crippen LogP) is 1.84. The van der Waals surface area contributed by atoms with Gasteiger partial charge in [0.1, 0.15) is 5.69 Å². The van der Waals surface area contributed by atoms with E-state index in [4.69, 9.17) is 5.11 Å². The number of hydrogen-bond acceptors (Lipinski definition) is 3. The summed E-state index contributed by atoms with van der Waals surface area (Å²) in [4.78, 5) is 23.2. The van der Waals surface area contributed by atoms with E-state index >= 15 is 0 Å². The lowest BCUT2D eigenvalue weighted by Gasteiger charge is -2.20. The van der Waals surface area contributed by atoms with E-state index in [1.54, 1.807) is 30.8 Å². The van der Waals surface area contributed by atoms with Gasteiger partial charge in [0.05, 0.1) is 11.5 Å². The molecule has 20 heavy (non-hydrogen) atoms. The molecule has 0 atom stereocenters. The molecular formula is C14H21N3O3. The van der Waals surface area contributed by atoms with Crippen LogP contribution in [-0.4, -0.2) is 33.3 Å². The first-order valence-corrected chi connectivity index (χ1v) is 6.97. The van der Waals surface area contributed by atoms with E-state index in [1.807, 2.05) is 0 Å². The lowest BCUT2D eigenvalue weighted by Crippen LogP contribution is -2.39. The second-order valence-corrected chi connectivity index (χ2v) is 5.97. The third-order valence-corrected chi connectivity index (χ3v) is 3.84. The topological polar surface area (TPSA) is 84.2 Å². The number of carboxylic acid groups (broad SMARTS) is 1. The number of nitrogens with zero attached hydrogens (tertiary/aromatic N) is 2. The van der Waals surface area contributed by atoms with Crippen LogP contribution in [0.4, 0.5) is 0 Å². The fraction of sp³-hybridized carbons (Fsp3) is 0.643. The molecular weight excluding hydrogens is 258 g/mol. The van der Waals surface area contributed by atoms with Crippen molar-refractivity contribution in [3.8, 4) is 0 Å². The van der Waals surface area contributed by atoms with Crippen molar-refractivity contribution in [1.29, 1.82) is 0 Å². The molecule has 2 N–H and O–H groups in total. The zero-order valence-electron chi connectivity index (χ0n) is 11.9. The van der Waals surface area contributed by atoms with Crippen LogP contribution in [0.5, 0.6) is 0 Å². The summed E-state index contributed by atoms with van der Waals surface area (Å²) in [5.74, 6) is -1.19. The van der Waals surface area contributed by atoms with Crippen LogP contribution in [0.2, 0.25) is 0 Å². The molecule has 1 aromatic rings. The number of hydrogen-bond donors (Lipinski definition) is 2. The van der Waals surface area contributed by atoms with Crippen LogP contribution in [0, 0.1) is 5.41 Å². The van der Waals surface area contributed by atoms with Crippen LogP contribution in [0.1, 0.15) is 56.1 Å². The minimum absolute atomic E-state index is 0.0943. The molecule has 0 spiro atoms. The maximum atomic E-state index is 12.2. The largest absolute Gasteiger partial charge is 0.481 e. The van der Waals surface area contributed by atoms with Crippen LogP contribution in [0.25, 0.3) is 0 Å². The number of carbonyl (C=O) groups is 2. The third-order valence-electron chi connectivity index (χ3n) is 3.84. The van der Waals surface area contributed by atoms with Crippen molar-refractivity contribution in [2.75, 3.05) is 6.54 Å². The van der Waals surface area contributed by atoms with E-state index in [0.29, 0.717) is 11.7 Å². The van der Waals surface area contributed by atoms with E-state index in [0.717, 1.165) is 25.7 Å². The average Bonchev–Trinajstić information content (AvgIpc) is 3.05. The number of carbonyl (C=O) groups excluding carboxylic acids is 1. The number of carboxylic acids is 1. The molecule has 0 saturated heterocycles. The van der Waals surface area contributed by atoms with Crippen molar-refractivity contribution in [1.82, 2.24) is 15.1 Å². The minimum atomic E-state index is -0.978. The Bertz CT molecular complexity index is 502. The summed E-state index contributed by atoms with van der Waals surface area (Å²) in [5.41, 5.74) is -0.466. The summed E-state index contributed by atoms with van der Waals surface area (Å²) in [6, 6.07) is 1.97. The van der Waals surface area contributed by atoms with Gasteiger partial charge in [-0.25, -0.2) is 0 Å². The van der Waals surface area contributed by atoms with Gasteiger partial charge in [-0.15, -0.1) is 0 Å². The molecule has 6 heteroatoms. The van der Waals surface area contributed by atoms with E-state index in [2.05, 4.69) is 10.4 Å². The molecule has 1 heterocycles. The smallest absolute Gasteiger partial charge is 0.310 e. The molecule has 2 rings (SSSR count). The molecule has 110 valence electrons. The molecule has 0 aliphatic heterocycles. The Labute approximate surface area is 118 Å². The summed E-state index contributed by atoms with van der Waals surface area (Å²) in [7, 11) is 0. The van der Waals surface area contributed by atoms with Crippen molar-refractivity contribution >= 4 is 11.9 Å². The summed E-state index contributed by atoms with van der Waals surface area (Å²) in [6.45, 7) is 3.27. The standard InChI is InChI=1S/C14H21N3O3/c1-14(2,13(19)20)9-15-12(18)11-7-8-16-17(11)10-5-3-4-6-10/h7-8,10H,3-6,9H2,1-2H3,(H,15,18)(H,19,20). The second kappa shape index (κ2) is 5.64. The maximum Gasteiger partial charge on any atom is 0.310 e. The highest BCUT2D eigenvalue weighted by Crippen LogP contribution is 2.29. The SMILES string of the molecule is CC(C)(CNC(=O)c1ccnn1C1CCCC1)C(=O)O. The van der Waals surface area contributed by atoms with Gasteiger partial charge in [0.15, 0.2) is 0 Å². The molecule has 1 saturated carbocycles. The highest BCUT2D eigenvalue weighted by atomic mass is 16.4. The lowest BCUT2D eigenvalue weighted by molar-refractivity contribution is -0.146. The molecule has 1 amide bonds. The molecule has 0 aromatic carbocycles. The molecule has 1 fully saturated rings. The molecule has 6 nitrogen and oxygen atoms in total. The number of aromatic nitrogens is 2. The summed E-state index contributed by atoms with van der Waals surface area (Å²) in [5, 5.41) is 16.0. The first-order valence-electron chi connectivity index (χ1n) is 6.97. The van der Waals surface area contributed by atoms with Gasteiger partial charge in [0.2, 0.25) is 0 Å². The Kier molecular flexibility index (Phi) is 4.11. The van der Waals surface area contributed by atoms with Crippen molar-refractivity contribution in [2.45, 2.75) is 45.6 Å². The lowest BCUT2D eigenvalue weighted by atomic mass is 9.94. The van der Waals surface area contributed by atoms with Gasteiger partial charge in [0, 0.05) is 12.7 Å². The first-order chi connectivity index (χ1) is 9.42. The molecule has 0 bridgehead atoms. The predicted molar refractivity (Wildman–Crippen MR) is 73.5 cm³/mol. The maximum absolute atomic E-state index is 12.2. The van der Waals surface area contributed by atoms with Gasteiger partial charge in [0.25, 0.3) is 5.91 Å². The van der Waals surface area contributed by atoms with Crippen LogP contribution in [0.3, 0.4) is 0 Å². The van der Waals surface area contributed by atoms with Crippen LogP contribution in [-0.2, 0) is 4.79 Å². The summed E-state index contributed by atoms with van der Waals surface area (Å²) < 4.78 is 1.77. The van der Waals surface area contributed by atoms with E-state index in [-0.39, 0.29) is 12.5 Å². The quantitative estimate of drug-likeness (QED) is 0.861. The number of rotatable bonds is 5. The van der Waals surface area contributed by atoms with Gasteiger partial charge < -0.3 is 10.4 Å². The van der Waals surface area contributed by atoms with E-state index in [1.165, 1.54) is 0 Å². The minimum Gasteiger partial charge on any atom is -0.481 e. The van der Waals surface area contributed by atoms with Gasteiger partial charge in [-0.1, -0.05) is 12.8 Å². The first kappa shape index (κ1) is 14.6. The zero-order chi connectivity index (χ0) is 14.8. The van der Waals surface area contributed by atoms with Gasteiger partial charge in [-0.05, 0) is 32.8 Å². The Hall–Kier alpha value is -1.85. The van der Waals surface area contributed by atoms with Crippen molar-refractivity contribution in [3.63, 3.8) is 0 Å². The molecule has 0 radical (unpaired) electrons. The van der Waals surface area contributed by atoms with E-state index < -0.39 is 11.4 Å². The Morgan fingerprint density at radius 3 is 2.70 bits per heavy atom. The van der Waals surface area contributed by atoms with E-state index in [9.17, 15) is 9.59 Å². The summed E-state index contributed by atoms with van der Waals surface area (Å²) >= 11 is 0. The normalized spacial score (nSPS) is 16.3. The van der Waals surface area contributed by atoms with Gasteiger partial charge in [-0.2, -0.15) is 5.10 Å². The highest BCUT2D eigenvalue weighted by Gasteiger charge is 2.29. The Morgan fingerprint density at radius 1 is 1.45 bits per heavy atom. The average molecular weight is 279 g/mol. The third kappa shape index (κ3) is 3.00. The van der Waals surface area contributed by atoms with Crippen molar-refractivity contribution in [3.05, 3.63) is 18.0 Å². The fourth-order valence-corrected chi connectivity index (χ4v) is 2.40. The second-order valence-electron chi connectivity index (χ2n) is 5.97. The zero-order valence-corrected chi connectivity index (χ0v) is 11.9. The number of amides is 1. The van der Waals surface area contributed by atoms with Gasteiger partial charge >= 0.3 is 5.97 Å². The number of nitrogens with one attached hydrogen (secondary N) is 1. The molecule has 1 aromatic heterocycles.